The molecule has 0 aliphatic carbocycles. The maximum atomic E-state index is 16.3. The Balaban J connectivity index is 1.33. The van der Waals surface area contributed by atoms with Crippen molar-refractivity contribution in [3.63, 3.8) is 0 Å². The fourth-order valence-electron chi connectivity index (χ4n) is 6.29. The number of thiazole rings is 1. The second-order valence-corrected chi connectivity index (χ2v) is 12.3. The third-order valence-corrected chi connectivity index (χ3v) is 9.38. The van der Waals surface area contributed by atoms with Crippen LogP contribution in [0.5, 0.6) is 0 Å². The normalized spacial score (nSPS) is 23.2. The van der Waals surface area contributed by atoms with E-state index in [-0.39, 0.29) is 56.0 Å². The molecule has 240 valence electrons. The Labute approximate surface area is 266 Å². The second kappa shape index (κ2) is 12.3. The number of aromatic nitrogens is 1. The van der Waals surface area contributed by atoms with Crippen LogP contribution in [-0.2, 0) is 14.3 Å². The monoisotopic (exact) mass is 653 g/mol. The molecule has 0 spiro atoms. The molecule has 3 aliphatic heterocycles. The minimum Gasteiger partial charge on any atom is -0.478 e. The summed E-state index contributed by atoms with van der Waals surface area (Å²) in [5.41, 5.74) is -1.21. The minimum atomic E-state index is -2.24. The minimum absolute atomic E-state index is 0.0285. The van der Waals surface area contributed by atoms with Crippen molar-refractivity contribution in [2.75, 3.05) is 37.7 Å². The number of alkyl halides is 1. The number of aliphatic imine (C=N–C) groups is 1. The zero-order valence-electron chi connectivity index (χ0n) is 24.9. The molecule has 3 aromatic rings. The van der Waals surface area contributed by atoms with Crippen LogP contribution in [-0.4, -0.2) is 77.1 Å². The lowest BCUT2D eigenvalue weighted by Crippen LogP contribution is -2.52. The van der Waals surface area contributed by atoms with E-state index in [1.165, 1.54) is 17.4 Å². The summed E-state index contributed by atoms with van der Waals surface area (Å²) < 4.78 is 50.8. The van der Waals surface area contributed by atoms with Crippen LogP contribution in [0.2, 0.25) is 0 Å². The summed E-state index contributed by atoms with van der Waals surface area (Å²) in [5.74, 6) is -4.61. The number of aromatic carboxylic acids is 1. The van der Waals surface area contributed by atoms with Gasteiger partial charge in [-0.15, -0.1) is 11.3 Å². The highest BCUT2D eigenvalue weighted by Gasteiger charge is 2.57. The molecule has 0 bridgehead atoms. The van der Waals surface area contributed by atoms with Crippen molar-refractivity contribution in [3.05, 3.63) is 92.6 Å². The van der Waals surface area contributed by atoms with E-state index in [1.54, 1.807) is 37.6 Å². The molecule has 2 fully saturated rings. The molecular weight excluding hydrogens is 623 g/mol. The van der Waals surface area contributed by atoms with E-state index in [2.05, 4.69) is 10.3 Å². The first-order valence-electron chi connectivity index (χ1n) is 14.7. The summed E-state index contributed by atoms with van der Waals surface area (Å²) in [4.78, 5) is 50.5. The molecule has 2 N–H and O–H groups in total. The average molecular weight is 654 g/mol. The average Bonchev–Trinajstić information content (AvgIpc) is 3.65. The van der Waals surface area contributed by atoms with Crippen LogP contribution in [0.15, 0.2) is 64.2 Å². The number of hydrogen-bond donors (Lipinski definition) is 2. The number of rotatable bonds is 8. The number of amides is 1. The van der Waals surface area contributed by atoms with Crippen LogP contribution in [0.4, 0.5) is 18.9 Å². The molecule has 2 aromatic carbocycles. The number of amidine groups is 1. The van der Waals surface area contributed by atoms with Crippen molar-refractivity contribution in [3.8, 4) is 0 Å². The molecule has 10 nitrogen and oxygen atoms in total. The highest BCUT2D eigenvalue weighted by Crippen LogP contribution is 2.43. The Kier molecular flexibility index (Phi) is 8.42. The quantitative estimate of drug-likeness (QED) is 0.343. The molecule has 1 amide bonds. The number of halogens is 3. The topological polar surface area (TPSA) is 124 Å². The van der Waals surface area contributed by atoms with E-state index in [9.17, 15) is 28.3 Å². The van der Waals surface area contributed by atoms with E-state index in [1.807, 2.05) is 4.90 Å². The Bertz CT molecular complexity index is 1780. The van der Waals surface area contributed by atoms with Gasteiger partial charge in [-0.25, -0.2) is 27.7 Å². The lowest BCUT2D eigenvalue weighted by atomic mass is 9.84. The molecule has 6 rings (SSSR count). The van der Waals surface area contributed by atoms with Crippen LogP contribution >= 0.6 is 11.3 Å². The van der Waals surface area contributed by atoms with Gasteiger partial charge in [-0.05, 0) is 49.2 Å². The number of carboxylic acid groups (broad SMARTS) is 1. The van der Waals surface area contributed by atoms with Gasteiger partial charge in [-0.1, -0.05) is 12.1 Å². The van der Waals surface area contributed by atoms with Crippen molar-refractivity contribution < 1.29 is 37.4 Å². The predicted octanol–water partition coefficient (Wildman–Crippen LogP) is 4.41. The van der Waals surface area contributed by atoms with Gasteiger partial charge in [0.1, 0.15) is 17.7 Å². The number of benzene rings is 2. The van der Waals surface area contributed by atoms with Crippen molar-refractivity contribution in [1.82, 2.24) is 15.2 Å². The SMILES string of the molecule is CCOC(=O)C1=C(CN2CC[C@]3(F)C(=O)N(c4cc(F)cc(C(=O)O)c4)C[C@@H]3C2)NC(c2nccs2)=N[C@H]1c1cccc(F)c1C. The lowest BCUT2D eigenvalue weighted by Gasteiger charge is -2.38. The van der Waals surface area contributed by atoms with Gasteiger partial charge in [0, 0.05) is 61.5 Å². The van der Waals surface area contributed by atoms with Crippen molar-refractivity contribution >= 4 is 40.7 Å². The standard InChI is InChI=1S/C32H30F3N5O5S/c1-3-45-30(43)25-24(37-27(28-36-8-10-46-28)38-26(25)22-5-4-6-23(34)17(22)2)16-39-9-7-32(35)19(14-39)15-40(31(32)44)21-12-18(29(41)42)11-20(33)13-21/h4-6,8,10-13,19,26H,3,7,9,14-16H2,1-2H3,(H,37,38)(H,41,42)/t19-,26-,32+/m0/s1. The largest absolute Gasteiger partial charge is 0.478 e. The molecule has 46 heavy (non-hydrogen) atoms. The number of carbonyl (C=O) groups excluding carboxylic acids is 2. The van der Waals surface area contributed by atoms with Gasteiger partial charge in [-0.2, -0.15) is 0 Å². The zero-order chi connectivity index (χ0) is 32.7. The maximum absolute atomic E-state index is 16.3. The molecule has 4 heterocycles. The molecule has 3 atom stereocenters. The van der Waals surface area contributed by atoms with E-state index >= 15 is 4.39 Å². The van der Waals surface area contributed by atoms with Gasteiger partial charge in [0.25, 0.3) is 5.91 Å². The number of nitrogens with one attached hydrogen (secondary N) is 1. The number of esters is 1. The Morgan fingerprint density at radius 1 is 1.22 bits per heavy atom. The van der Waals surface area contributed by atoms with Crippen LogP contribution in [0, 0.1) is 24.5 Å². The third kappa shape index (κ3) is 5.66. The number of carbonyl (C=O) groups is 3. The number of ether oxygens (including phenoxy) is 1. The van der Waals surface area contributed by atoms with E-state index in [0.29, 0.717) is 27.7 Å². The summed E-state index contributed by atoms with van der Waals surface area (Å²) in [7, 11) is 0. The fraction of sp³-hybridized carbons (Fsp3) is 0.344. The summed E-state index contributed by atoms with van der Waals surface area (Å²) >= 11 is 1.33. The van der Waals surface area contributed by atoms with Gasteiger partial charge < -0.3 is 20.1 Å². The van der Waals surface area contributed by atoms with Crippen LogP contribution < -0.4 is 10.2 Å². The van der Waals surface area contributed by atoms with Crippen molar-refractivity contribution in [1.29, 1.82) is 0 Å². The summed E-state index contributed by atoms with van der Waals surface area (Å²) in [6.07, 6.45) is 1.44. The van der Waals surface area contributed by atoms with Crippen LogP contribution in [0.1, 0.15) is 45.9 Å². The van der Waals surface area contributed by atoms with E-state index in [4.69, 9.17) is 9.73 Å². The predicted molar refractivity (Wildman–Crippen MR) is 163 cm³/mol. The Morgan fingerprint density at radius 2 is 2.02 bits per heavy atom. The smallest absolute Gasteiger partial charge is 0.338 e. The van der Waals surface area contributed by atoms with Gasteiger partial charge in [-0.3, -0.25) is 14.7 Å². The molecule has 1 aromatic heterocycles. The van der Waals surface area contributed by atoms with Gasteiger partial charge in [0.15, 0.2) is 16.5 Å². The molecule has 0 radical (unpaired) electrons. The third-order valence-electron chi connectivity index (χ3n) is 8.60. The molecule has 0 saturated carbocycles. The van der Waals surface area contributed by atoms with Gasteiger partial charge in [0.05, 0.1) is 17.7 Å². The second-order valence-electron chi connectivity index (χ2n) is 11.4. The molecule has 0 unspecified atom stereocenters. The molecule has 3 aliphatic rings. The van der Waals surface area contributed by atoms with Crippen molar-refractivity contribution in [2.24, 2.45) is 10.9 Å². The first-order chi connectivity index (χ1) is 22.0. The van der Waals surface area contributed by atoms with E-state index in [0.717, 1.165) is 23.1 Å². The molecular formula is C32H30F3N5O5S. The highest BCUT2D eigenvalue weighted by atomic mass is 32.1. The Hall–Kier alpha value is -4.56. The maximum Gasteiger partial charge on any atom is 0.338 e. The summed E-state index contributed by atoms with van der Waals surface area (Å²) in [6, 6.07) is 6.66. The number of likely N-dealkylation sites (tertiary alicyclic amines) is 1. The highest BCUT2D eigenvalue weighted by molar-refractivity contribution is 7.11. The first-order valence-corrected chi connectivity index (χ1v) is 15.5. The van der Waals surface area contributed by atoms with Gasteiger partial charge >= 0.3 is 11.9 Å². The summed E-state index contributed by atoms with van der Waals surface area (Å²) in [5, 5.41) is 14.9. The fourth-order valence-corrected chi connectivity index (χ4v) is 6.88. The lowest BCUT2D eigenvalue weighted by molar-refractivity contribution is -0.139. The number of fused-ring (bicyclic) bond motifs is 1. The van der Waals surface area contributed by atoms with Crippen molar-refractivity contribution in [2.45, 2.75) is 32.0 Å². The first kappa shape index (κ1) is 31.4. The van der Waals surface area contributed by atoms with Crippen LogP contribution in [0.3, 0.4) is 0 Å². The number of carboxylic acids is 1. The number of piperidine rings is 1. The van der Waals surface area contributed by atoms with E-state index < -0.39 is 47.1 Å². The number of anilines is 1. The van der Waals surface area contributed by atoms with Crippen LogP contribution in [0.25, 0.3) is 0 Å². The number of hydrogen-bond acceptors (Lipinski definition) is 9. The van der Waals surface area contributed by atoms with Gasteiger partial charge in [0.2, 0.25) is 0 Å². The summed E-state index contributed by atoms with van der Waals surface area (Å²) in [6.45, 7) is 3.65. The Morgan fingerprint density at radius 3 is 2.74 bits per heavy atom. The molecule has 14 heteroatoms. The number of nitrogens with zero attached hydrogens (tertiary/aromatic N) is 4. The zero-order valence-corrected chi connectivity index (χ0v) is 25.7. The molecule has 2 saturated heterocycles.